The van der Waals surface area contributed by atoms with E-state index in [0.29, 0.717) is 11.3 Å². The lowest BCUT2D eigenvalue weighted by molar-refractivity contribution is 0.103. The van der Waals surface area contributed by atoms with E-state index in [2.05, 4.69) is 4.98 Å². The van der Waals surface area contributed by atoms with Gasteiger partial charge in [0.1, 0.15) is 5.75 Å². The van der Waals surface area contributed by atoms with E-state index in [4.69, 9.17) is 9.47 Å². The zero-order valence-electron chi connectivity index (χ0n) is 10.5. The van der Waals surface area contributed by atoms with Gasteiger partial charge in [-0.3, -0.25) is 9.78 Å². The van der Waals surface area contributed by atoms with Crippen LogP contribution in [0.3, 0.4) is 0 Å². The summed E-state index contributed by atoms with van der Waals surface area (Å²) in [7, 11) is 2.81. The van der Waals surface area contributed by atoms with Crippen molar-refractivity contribution >= 4 is 5.78 Å². The Morgan fingerprint density at radius 1 is 1.16 bits per heavy atom. The van der Waals surface area contributed by atoms with Crippen LogP contribution in [0.1, 0.15) is 15.9 Å². The van der Waals surface area contributed by atoms with Crippen molar-refractivity contribution in [3.05, 3.63) is 53.6 Å². The van der Waals surface area contributed by atoms with E-state index in [1.165, 1.54) is 44.8 Å². The van der Waals surface area contributed by atoms with Gasteiger partial charge in [0.25, 0.3) is 0 Å². The minimum atomic E-state index is -0.582. The van der Waals surface area contributed by atoms with Crippen molar-refractivity contribution in [3.63, 3.8) is 0 Å². The molecular weight excluding hydrogens is 249 g/mol. The van der Waals surface area contributed by atoms with Gasteiger partial charge in [0.2, 0.25) is 0 Å². The summed E-state index contributed by atoms with van der Waals surface area (Å²) in [5.74, 6) is -0.468. The molecule has 1 aromatic carbocycles. The highest BCUT2D eigenvalue weighted by molar-refractivity contribution is 6.10. The minimum absolute atomic E-state index is 0.0956. The summed E-state index contributed by atoms with van der Waals surface area (Å²) >= 11 is 0. The van der Waals surface area contributed by atoms with Crippen LogP contribution < -0.4 is 9.47 Å². The smallest absolute Gasteiger partial charge is 0.196 e. The second kappa shape index (κ2) is 5.48. The average Bonchev–Trinajstić information content (AvgIpc) is 2.46. The molecule has 4 nitrogen and oxygen atoms in total. The number of carbonyl (C=O) groups excluding carboxylic acids is 1. The van der Waals surface area contributed by atoms with Gasteiger partial charge in [-0.15, -0.1) is 0 Å². The molecule has 0 aliphatic carbocycles. The predicted octanol–water partition coefficient (Wildman–Crippen LogP) is 2.47. The first kappa shape index (κ1) is 13.0. The summed E-state index contributed by atoms with van der Waals surface area (Å²) in [6.07, 6.45) is 2.92. The van der Waals surface area contributed by atoms with Gasteiger partial charge in [-0.05, 0) is 24.3 Å². The molecule has 0 saturated heterocycles. The summed E-state index contributed by atoms with van der Waals surface area (Å²) in [5, 5.41) is 0. The second-order valence-electron chi connectivity index (χ2n) is 3.75. The molecule has 0 aliphatic rings. The summed E-state index contributed by atoms with van der Waals surface area (Å²) < 4.78 is 23.5. The van der Waals surface area contributed by atoms with Crippen LogP contribution in [-0.2, 0) is 0 Å². The van der Waals surface area contributed by atoms with Crippen LogP contribution >= 0.6 is 0 Å². The number of carbonyl (C=O) groups is 1. The number of rotatable bonds is 4. The van der Waals surface area contributed by atoms with Gasteiger partial charge in [-0.2, -0.15) is 0 Å². The van der Waals surface area contributed by atoms with Crippen molar-refractivity contribution in [2.75, 3.05) is 14.2 Å². The first-order chi connectivity index (χ1) is 9.17. The summed E-state index contributed by atoms with van der Waals surface area (Å²) in [6, 6.07) is 5.59. The molecule has 0 unspecified atom stereocenters. The number of hydrogen-bond donors (Lipinski definition) is 0. The highest BCUT2D eigenvalue weighted by Crippen LogP contribution is 2.23. The maximum absolute atomic E-state index is 13.6. The number of benzene rings is 1. The maximum Gasteiger partial charge on any atom is 0.196 e. The van der Waals surface area contributed by atoms with Gasteiger partial charge in [0, 0.05) is 11.8 Å². The van der Waals surface area contributed by atoms with Gasteiger partial charge >= 0.3 is 0 Å². The molecular formula is C14H12FNO3. The van der Waals surface area contributed by atoms with Crippen LogP contribution in [0.4, 0.5) is 4.39 Å². The van der Waals surface area contributed by atoms with Crippen LogP contribution in [0, 0.1) is 5.82 Å². The van der Waals surface area contributed by atoms with Gasteiger partial charge in [0.05, 0.1) is 26.0 Å². The van der Waals surface area contributed by atoms with E-state index in [-0.39, 0.29) is 17.1 Å². The Morgan fingerprint density at radius 3 is 2.53 bits per heavy atom. The molecule has 0 bridgehead atoms. The van der Waals surface area contributed by atoms with E-state index in [9.17, 15) is 9.18 Å². The van der Waals surface area contributed by atoms with Crippen molar-refractivity contribution in [1.29, 1.82) is 0 Å². The molecule has 1 aromatic heterocycles. The molecule has 0 amide bonds. The average molecular weight is 261 g/mol. The zero-order chi connectivity index (χ0) is 13.8. The zero-order valence-corrected chi connectivity index (χ0v) is 10.5. The fourth-order valence-electron chi connectivity index (χ4n) is 1.69. The standard InChI is InChI=1S/C14H12FNO3/c1-18-12-4-3-9(7-11(12)15)14(17)10-5-6-16-8-13(10)19-2/h3-8H,1-2H3. The number of ketones is 1. The summed E-state index contributed by atoms with van der Waals surface area (Å²) in [6.45, 7) is 0. The topological polar surface area (TPSA) is 48.4 Å². The first-order valence-electron chi connectivity index (χ1n) is 5.53. The number of hydrogen-bond acceptors (Lipinski definition) is 4. The van der Waals surface area contributed by atoms with E-state index in [1.807, 2.05) is 0 Å². The highest BCUT2D eigenvalue weighted by Gasteiger charge is 2.16. The molecule has 98 valence electrons. The van der Waals surface area contributed by atoms with E-state index >= 15 is 0 Å². The van der Waals surface area contributed by atoms with Crippen LogP contribution in [0.5, 0.6) is 11.5 Å². The number of ether oxygens (including phenoxy) is 2. The molecule has 0 radical (unpaired) electrons. The fourth-order valence-corrected chi connectivity index (χ4v) is 1.69. The highest BCUT2D eigenvalue weighted by atomic mass is 19.1. The van der Waals surface area contributed by atoms with Crippen molar-refractivity contribution in [1.82, 2.24) is 4.98 Å². The molecule has 0 aliphatic heterocycles. The second-order valence-corrected chi connectivity index (χ2v) is 3.75. The number of halogens is 1. The lowest BCUT2D eigenvalue weighted by atomic mass is 10.0. The number of nitrogens with zero attached hydrogens (tertiary/aromatic N) is 1. The largest absolute Gasteiger partial charge is 0.494 e. The molecule has 0 atom stereocenters. The Morgan fingerprint density at radius 2 is 1.89 bits per heavy atom. The summed E-state index contributed by atoms with van der Waals surface area (Å²) in [4.78, 5) is 16.1. The van der Waals surface area contributed by atoms with Crippen molar-refractivity contribution in [3.8, 4) is 11.5 Å². The molecule has 1 heterocycles. The quantitative estimate of drug-likeness (QED) is 0.793. The van der Waals surface area contributed by atoms with Gasteiger partial charge in [0.15, 0.2) is 17.3 Å². The van der Waals surface area contributed by atoms with Crippen LogP contribution in [0.25, 0.3) is 0 Å². The fraction of sp³-hybridized carbons (Fsp3) is 0.143. The van der Waals surface area contributed by atoms with Crippen LogP contribution in [0.2, 0.25) is 0 Å². The third-order valence-corrected chi connectivity index (χ3v) is 2.66. The van der Waals surface area contributed by atoms with Crippen molar-refractivity contribution in [2.24, 2.45) is 0 Å². The minimum Gasteiger partial charge on any atom is -0.494 e. The molecule has 2 aromatic rings. The summed E-state index contributed by atoms with van der Waals surface area (Å²) in [5.41, 5.74) is 0.560. The molecule has 0 spiro atoms. The third-order valence-electron chi connectivity index (χ3n) is 2.66. The molecule has 0 saturated carbocycles. The van der Waals surface area contributed by atoms with E-state index in [1.54, 1.807) is 0 Å². The van der Waals surface area contributed by atoms with Gasteiger partial charge in [-0.25, -0.2) is 4.39 Å². The monoisotopic (exact) mass is 261 g/mol. The van der Waals surface area contributed by atoms with E-state index < -0.39 is 5.82 Å². The molecule has 0 fully saturated rings. The Labute approximate surface area is 109 Å². The number of aromatic nitrogens is 1. The first-order valence-corrected chi connectivity index (χ1v) is 5.53. The Bertz CT molecular complexity index is 613. The molecule has 0 N–H and O–H groups in total. The molecule has 2 rings (SSSR count). The Hall–Kier alpha value is -2.43. The predicted molar refractivity (Wildman–Crippen MR) is 67.2 cm³/mol. The third kappa shape index (κ3) is 2.54. The van der Waals surface area contributed by atoms with Gasteiger partial charge in [-0.1, -0.05) is 0 Å². The Kier molecular flexibility index (Phi) is 3.75. The number of methoxy groups -OCH3 is 2. The lowest BCUT2D eigenvalue weighted by Crippen LogP contribution is -2.05. The van der Waals surface area contributed by atoms with Crippen LogP contribution in [-0.4, -0.2) is 25.0 Å². The van der Waals surface area contributed by atoms with Crippen molar-refractivity contribution in [2.45, 2.75) is 0 Å². The molecule has 5 heteroatoms. The van der Waals surface area contributed by atoms with Crippen LogP contribution in [0.15, 0.2) is 36.7 Å². The van der Waals surface area contributed by atoms with Gasteiger partial charge < -0.3 is 9.47 Å². The normalized spacial score (nSPS) is 10.1. The number of pyridine rings is 1. The maximum atomic E-state index is 13.6. The van der Waals surface area contributed by atoms with E-state index in [0.717, 1.165) is 6.07 Å². The SMILES string of the molecule is COc1ccc(C(=O)c2ccncc2OC)cc1F. The lowest BCUT2D eigenvalue weighted by Gasteiger charge is -2.08. The molecule has 19 heavy (non-hydrogen) atoms. The van der Waals surface area contributed by atoms with Crippen molar-refractivity contribution < 1.29 is 18.7 Å². The Balaban J connectivity index is 2.41.